The van der Waals surface area contributed by atoms with Crippen LogP contribution in [-0.4, -0.2) is 41.5 Å². The standard InChI is InChI=1S/C13H16FNO2/c14-11-5-3-10(4-6-11)13(17)8-15-7-1-2-12(15)9-16/h3-6,12,16H,1-2,7-9H2. The van der Waals surface area contributed by atoms with Gasteiger partial charge in [0.25, 0.3) is 0 Å². The number of hydrogen-bond donors (Lipinski definition) is 1. The molecule has 1 N–H and O–H groups in total. The van der Waals surface area contributed by atoms with Crippen LogP contribution in [0.5, 0.6) is 0 Å². The minimum absolute atomic E-state index is 0.0228. The molecule has 1 aromatic carbocycles. The molecule has 1 aliphatic heterocycles. The van der Waals surface area contributed by atoms with Crippen molar-refractivity contribution in [2.24, 2.45) is 0 Å². The van der Waals surface area contributed by atoms with Crippen molar-refractivity contribution in [3.63, 3.8) is 0 Å². The van der Waals surface area contributed by atoms with Crippen molar-refractivity contribution in [3.05, 3.63) is 35.6 Å². The van der Waals surface area contributed by atoms with Gasteiger partial charge in [-0.3, -0.25) is 9.69 Å². The first-order valence-corrected chi connectivity index (χ1v) is 5.84. The van der Waals surface area contributed by atoms with Crippen LogP contribution in [0.25, 0.3) is 0 Å². The van der Waals surface area contributed by atoms with Crippen molar-refractivity contribution in [1.29, 1.82) is 0 Å². The lowest BCUT2D eigenvalue weighted by molar-refractivity contribution is 0.0888. The van der Waals surface area contributed by atoms with Crippen molar-refractivity contribution >= 4 is 5.78 Å². The Morgan fingerprint density at radius 3 is 2.76 bits per heavy atom. The molecule has 1 heterocycles. The highest BCUT2D eigenvalue weighted by Crippen LogP contribution is 2.17. The molecule has 1 aliphatic rings. The monoisotopic (exact) mass is 237 g/mol. The number of ketones is 1. The second kappa shape index (κ2) is 5.38. The fourth-order valence-electron chi connectivity index (χ4n) is 2.22. The fourth-order valence-corrected chi connectivity index (χ4v) is 2.22. The second-order valence-corrected chi connectivity index (χ2v) is 4.38. The van der Waals surface area contributed by atoms with Crippen LogP contribution in [0.15, 0.2) is 24.3 Å². The van der Waals surface area contributed by atoms with Gasteiger partial charge in [0.1, 0.15) is 5.82 Å². The van der Waals surface area contributed by atoms with Gasteiger partial charge in [-0.1, -0.05) is 0 Å². The SMILES string of the molecule is O=C(CN1CCCC1CO)c1ccc(F)cc1. The van der Waals surface area contributed by atoms with E-state index in [1.54, 1.807) is 0 Å². The summed E-state index contributed by atoms with van der Waals surface area (Å²) in [6, 6.07) is 5.68. The van der Waals surface area contributed by atoms with Gasteiger partial charge in [-0.25, -0.2) is 4.39 Å². The van der Waals surface area contributed by atoms with Gasteiger partial charge in [-0.2, -0.15) is 0 Å². The van der Waals surface area contributed by atoms with E-state index in [1.807, 2.05) is 4.90 Å². The number of aliphatic hydroxyl groups is 1. The maximum absolute atomic E-state index is 12.7. The molecule has 0 aliphatic carbocycles. The normalized spacial score (nSPS) is 20.7. The van der Waals surface area contributed by atoms with Crippen LogP contribution in [0.4, 0.5) is 4.39 Å². The van der Waals surface area contributed by atoms with Crippen LogP contribution >= 0.6 is 0 Å². The summed E-state index contributed by atoms with van der Waals surface area (Å²) in [6.45, 7) is 1.24. The molecule has 0 saturated carbocycles. The van der Waals surface area contributed by atoms with E-state index in [2.05, 4.69) is 0 Å². The van der Waals surface area contributed by atoms with E-state index in [0.29, 0.717) is 12.1 Å². The van der Waals surface area contributed by atoms with Gasteiger partial charge in [0.2, 0.25) is 0 Å². The number of Topliss-reactive ketones (excluding diaryl/α,β-unsaturated/α-hetero) is 1. The Morgan fingerprint density at radius 2 is 2.12 bits per heavy atom. The van der Waals surface area contributed by atoms with Gasteiger partial charge in [0.15, 0.2) is 5.78 Å². The van der Waals surface area contributed by atoms with Gasteiger partial charge >= 0.3 is 0 Å². The molecule has 1 saturated heterocycles. The van der Waals surface area contributed by atoms with Gasteiger partial charge in [0.05, 0.1) is 13.2 Å². The summed E-state index contributed by atoms with van der Waals surface area (Å²) >= 11 is 0. The zero-order valence-corrected chi connectivity index (χ0v) is 9.60. The van der Waals surface area contributed by atoms with E-state index >= 15 is 0 Å². The van der Waals surface area contributed by atoms with E-state index in [1.165, 1.54) is 24.3 Å². The molecule has 0 amide bonds. The average Bonchev–Trinajstić information content (AvgIpc) is 2.77. The molecule has 0 radical (unpaired) electrons. The van der Waals surface area contributed by atoms with Crippen LogP contribution < -0.4 is 0 Å². The Labute approximate surface area is 99.9 Å². The van der Waals surface area contributed by atoms with Crippen LogP contribution in [-0.2, 0) is 0 Å². The lowest BCUT2D eigenvalue weighted by Crippen LogP contribution is -2.36. The van der Waals surface area contributed by atoms with Crippen LogP contribution in [0, 0.1) is 5.82 Å². The lowest BCUT2D eigenvalue weighted by atomic mass is 10.1. The summed E-state index contributed by atoms with van der Waals surface area (Å²) in [4.78, 5) is 13.9. The summed E-state index contributed by atoms with van der Waals surface area (Å²) in [7, 11) is 0. The number of hydrogen-bond acceptors (Lipinski definition) is 3. The maximum Gasteiger partial charge on any atom is 0.176 e. The lowest BCUT2D eigenvalue weighted by Gasteiger charge is -2.21. The molecule has 4 heteroatoms. The fraction of sp³-hybridized carbons (Fsp3) is 0.462. The molecule has 2 rings (SSSR count). The molecule has 0 bridgehead atoms. The number of aliphatic hydroxyl groups excluding tert-OH is 1. The number of benzene rings is 1. The molecule has 3 nitrogen and oxygen atoms in total. The summed E-state index contributed by atoms with van der Waals surface area (Å²) in [6.07, 6.45) is 1.95. The van der Waals surface area contributed by atoms with Gasteiger partial charge < -0.3 is 5.11 Å². The third-order valence-corrected chi connectivity index (χ3v) is 3.22. The topological polar surface area (TPSA) is 40.5 Å². The molecule has 1 atom stereocenters. The number of rotatable bonds is 4. The summed E-state index contributed by atoms with van der Waals surface area (Å²) in [5.74, 6) is -0.360. The van der Waals surface area contributed by atoms with Crippen molar-refractivity contribution < 1.29 is 14.3 Å². The van der Waals surface area contributed by atoms with E-state index in [0.717, 1.165) is 19.4 Å². The van der Waals surface area contributed by atoms with E-state index in [9.17, 15) is 9.18 Å². The van der Waals surface area contributed by atoms with E-state index in [-0.39, 0.29) is 24.2 Å². The molecular weight excluding hydrogens is 221 g/mol. The summed E-state index contributed by atoms with van der Waals surface area (Å²) < 4.78 is 12.7. The highest BCUT2D eigenvalue weighted by atomic mass is 19.1. The van der Waals surface area contributed by atoms with Crippen molar-refractivity contribution in [1.82, 2.24) is 4.90 Å². The second-order valence-electron chi connectivity index (χ2n) is 4.38. The number of halogens is 1. The highest BCUT2D eigenvalue weighted by Gasteiger charge is 2.25. The third kappa shape index (κ3) is 2.90. The quantitative estimate of drug-likeness (QED) is 0.806. The Bertz CT molecular complexity index is 391. The number of carbonyl (C=O) groups is 1. The third-order valence-electron chi connectivity index (χ3n) is 3.22. The number of likely N-dealkylation sites (tertiary alicyclic amines) is 1. The average molecular weight is 237 g/mol. The minimum Gasteiger partial charge on any atom is -0.395 e. The molecule has 1 unspecified atom stereocenters. The first-order valence-electron chi connectivity index (χ1n) is 5.84. The molecular formula is C13H16FNO2. The van der Waals surface area contributed by atoms with Crippen LogP contribution in [0.2, 0.25) is 0 Å². The molecule has 92 valence electrons. The van der Waals surface area contributed by atoms with Crippen molar-refractivity contribution in [2.75, 3.05) is 19.7 Å². The Hall–Kier alpha value is -1.26. The van der Waals surface area contributed by atoms with Crippen molar-refractivity contribution in [2.45, 2.75) is 18.9 Å². The Kier molecular flexibility index (Phi) is 3.86. The number of carbonyl (C=O) groups excluding carboxylic acids is 1. The van der Waals surface area contributed by atoms with E-state index < -0.39 is 0 Å². The first kappa shape index (κ1) is 12.2. The Morgan fingerprint density at radius 1 is 1.41 bits per heavy atom. The van der Waals surface area contributed by atoms with Gasteiger partial charge in [-0.15, -0.1) is 0 Å². The molecule has 0 spiro atoms. The zero-order chi connectivity index (χ0) is 12.3. The van der Waals surface area contributed by atoms with Gasteiger partial charge in [-0.05, 0) is 43.7 Å². The summed E-state index contributed by atoms with van der Waals surface area (Å²) in [5, 5.41) is 9.15. The Balaban J connectivity index is 1.99. The van der Waals surface area contributed by atoms with E-state index in [4.69, 9.17) is 5.11 Å². The smallest absolute Gasteiger partial charge is 0.176 e. The van der Waals surface area contributed by atoms with Crippen LogP contribution in [0.1, 0.15) is 23.2 Å². The highest BCUT2D eigenvalue weighted by molar-refractivity contribution is 5.97. The zero-order valence-electron chi connectivity index (χ0n) is 9.60. The molecule has 1 fully saturated rings. The van der Waals surface area contributed by atoms with Gasteiger partial charge in [0, 0.05) is 11.6 Å². The summed E-state index contributed by atoms with van der Waals surface area (Å²) in [5.41, 5.74) is 0.523. The molecule has 0 aromatic heterocycles. The maximum atomic E-state index is 12.7. The van der Waals surface area contributed by atoms with Crippen LogP contribution in [0.3, 0.4) is 0 Å². The predicted molar refractivity (Wildman–Crippen MR) is 62.4 cm³/mol. The van der Waals surface area contributed by atoms with Crippen molar-refractivity contribution in [3.8, 4) is 0 Å². The molecule has 17 heavy (non-hydrogen) atoms. The predicted octanol–water partition coefficient (Wildman–Crippen LogP) is 1.47. The molecule has 1 aromatic rings. The minimum atomic E-state index is -0.337. The number of nitrogens with zero attached hydrogens (tertiary/aromatic N) is 1. The first-order chi connectivity index (χ1) is 8.20. The largest absolute Gasteiger partial charge is 0.395 e.